The van der Waals surface area contributed by atoms with Crippen LogP contribution < -0.4 is 15.4 Å². The number of hydrogen-bond donors (Lipinski definition) is 2. The van der Waals surface area contributed by atoms with Crippen molar-refractivity contribution in [2.24, 2.45) is 0 Å². The first kappa shape index (κ1) is 23.8. The van der Waals surface area contributed by atoms with E-state index in [1.54, 1.807) is 24.3 Å². The van der Waals surface area contributed by atoms with E-state index in [-0.39, 0.29) is 18.7 Å². The number of carbonyl (C=O) groups excluding carboxylic acids is 2. The van der Waals surface area contributed by atoms with E-state index < -0.39 is 29.4 Å². The Balaban J connectivity index is 1.56. The normalized spacial score (nSPS) is 11.1. The van der Waals surface area contributed by atoms with Crippen LogP contribution in [0.5, 0.6) is 5.75 Å². The second-order valence-electron chi connectivity index (χ2n) is 7.01. The number of amides is 2. The third-order valence-corrected chi connectivity index (χ3v) is 4.77. The average Bonchev–Trinajstić information content (AvgIpc) is 2.81. The van der Waals surface area contributed by atoms with Gasteiger partial charge in [-0.05, 0) is 60.2 Å². The summed E-state index contributed by atoms with van der Waals surface area (Å²) < 4.78 is 56.7. The van der Waals surface area contributed by atoms with Crippen LogP contribution >= 0.6 is 0 Å². The maximum atomic E-state index is 13.7. The smallest absolute Gasteiger partial charge is 0.416 e. The molecule has 9 heteroatoms. The molecular formula is C24H20F4N2O3. The summed E-state index contributed by atoms with van der Waals surface area (Å²) in [4.78, 5) is 24.5. The van der Waals surface area contributed by atoms with E-state index >= 15 is 0 Å². The van der Waals surface area contributed by atoms with Gasteiger partial charge >= 0.3 is 6.18 Å². The molecule has 172 valence electrons. The minimum Gasteiger partial charge on any atom is -0.496 e. The van der Waals surface area contributed by atoms with Gasteiger partial charge in [0.05, 0.1) is 12.7 Å². The number of benzene rings is 3. The van der Waals surface area contributed by atoms with E-state index in [2.05, 4.69) is 10.6 Å². The van der Waals surface area contributed by atoms with Gasteiger partial charge in [0.25, 0.3) is 11.8 Å². The fraction of sp³-hybridized carbons (Fsp3) is 0.167. The summed E-state index contributed by atoms with van der Waals surface area (Å²) in [6.07, 6.45) is -4.48. The number of nitrogens with one attached hydrogen (secondary N) is 2. The monoisotopic (exact) mass is 460 g/mol. The molecule has 0 unspecified atom stereocenters. The quantitative estimate of drug-likeness (QED) is 0.398. The third-order valence-electron chi connectivity index (χ3n) is 4.77. The Bertz CT molecular complexity index is 1150. The number of methoxy groups -OCH3 is 1. The molecule has 0 atom stereocenters. The summed E-state index contributed by atoms with van der Waals surface area (Å²) in [7, 11) is 1.46. The number of carbonyl (C=O) groups is 2. The van der Waals surface area contributed by atoms with Crippen molar-refractivity contribution in [2.45, 2.75) is 6.18 Å². The van der Waals surface area contributed by atoms with E-state index in [1.165, 1.54) is 25.3 Å². The number of alkyl halides is 3. The second-order valence-corrected chi connectivity index (χ2v) is 7.01. The number of halogens is 4. The number of ether oxygens (including phenoxy) is 1. The highest BCUT2D eigenvalue weighted by Crippen LogP contribution is 2.31. The second kappa shape index (κ2) is 10.2. The Hall–Kier alpha value is -3.88. The lowest BCUT2D eigenvalue weighted by Crippen LogP contribution is -2.34. The first-order chi connectivity index (χ1) is 15.7. The highest BCUT2D eigenvalue weighted by atomic mass is 19.4. The van der Waals surface area contributed by atoms with E-state index in [4.69, 9.17) is 4.74 Å². The van der Waals surface area contributed by atoms with Gasteiger partial charge in [-0.1, -0.05) is 12.1 Å². The highest BCUT2D eigenvalue weighted by molar-refractivity contribution is 5.96. The van der Waals surface area contributed by atoms with Crippen LogP contribution in [0.4, 0.5) is 17.6 Å². The lowest BCUT2D eigenvalue weighted by molar-refractivity contribution is -0.137. The molecule has 0 aliphatic heterocycles. The summed E-state index contributed by atoms with van der Waals surface area (Å²) >= 11 is 0. The van der Waals surface area contributed by atoms with Gasteiger partial charge in [0.15, 0.2) is 0 Å². The molecule has 0 radical (unpaired) electrons. The molecule has 0 spiro atoms. The van der Waals surface area contributed by atoms with Crippen molar-refractivity contribution in [3.05, 3.63) is 89.2 Å². The third kappa shape index (κ3) is 6.09. The summed E-state index contributed by atoms with van der Waals surface area (Å²) in [5, 5.41) is 5.18. The average molecular weight is 460 g/mol. The molecule has 0 saturated heterocycles. The molecule has 2 amide bonds. The van der Waals surface area contributed by atoms with Crippen LogP contribution in [0.2, 0.25) is 0 Å². The maximum absolute atomic E-state index is 13.7. The Labute approximate surface area is 187 Å². The molecule has 0 saturated carbocycles. The molecule has 3 rings (SSSR count). The van der Waals surface area contributed by atoms with Crippen LogP contribution in [0.3, 0.4) is 0 Å². The number of rotatable bonds is 7. The van der Waals surface area contributed by atoms with Crippen molar-refractivity contribution < 1.29 is 31.9 Å². The van der Waals surface area contributed by atoms with Crippen molar-refractivity contribution >= 4 is 11.8 Å². The molecular weight excluding hydrogens is 440 g/mol. The summed E-state index contributed by atoms with van der Waals surface area (Å²) in [5.74, 6) is -0.946. The van der Waals surface area contributed by atoms with E-state index in [0.717, 1.165) is 24.3 Å². The van der Waals surface area contributed by atoms with Gasteiger partial charge in [-0.25, -0.2) is 4.39 Å². The Morgan fingerprint density at radius 3 is 2.09 bits per heavy atom. The van der Waals surface area contributed by atoms with Crippen molar-refractivity contribution in [2.75, 3.05) is 20.2 Å². The van der Waals surface area contributed by atoms with Crippen LogP contribution in [0.25, 0.3) is 11.1 Å². The van der Waals surface area contributed by atoms with Gasteiger partial charge < -0.3 is 15.4 Å². The molecule has 0 aliphatic carbocycles. The first-order valence-corrected chi connectivity index (χ1v) is 9.86. The Morgan fingerprint density at radius 2 is 1.48 bits per heavy atom. The topological polar surface area (TPSA) is 67.4 Å². The lowest BCUT2D eigenvalue weighted by Gasteiger charge is -2.11. The predicted molar refractivity (Wildman–Crippen MR) is 114 cm³/mol. The predicted octanol–water partition coefficient (Wildman–Crippen LogP) is 4.68. The minimum atomic E-state index is -4.48. The molecule has 5 nitrogen and oxygen atoms in total. The first-order valence-electron chi connectivity index (χ1n) is 9.86. The Morgan fingerprint density at radius 1 is 0.848 bits per heavy atom. The molecule has 3 aromatic rings. The van der Waals surface area contributed by atoms with Gasteiger partial charge in [0, 0.05) is 29.8 Å². The largest absolute Gasteiger partial charge is 0.496 e. The summed E-state index contributed by atoms with van der Waals surface area (Å²) in [6.45, 7) is 0.168. The van der Waals surface area contributed by atoms with E-state index in [1.807, 2.05) is 0 Å². The van der Waals surface area contributed by atoms with Gasteiger partial charge in [-0.15, -0.1) is 0 Å². The minimum absolute atomic E-state index is 0.0724. The van der Waals surface area contributed by atoms with Crippen LogP contribution in [0, 0.1) is 5.82 Å². The molecule has 3 aromatic carbocycles. The summed E-state index contributed by atoms with van der Waals surface area (Å²) in [6, 6.07) is 14.5. The van der Waals surface area contributed by atoms with Gasteiger partial charge in [0.1, 0.15) is 11.6 Å². The molecule has 0 fully saturated rings. The number of hydrogen-bond acceptors (Lipinski definition) is 3. The van der Waals surface area contributed by atoms with Gasteiger partial charge in [-0.3, -0.25) is 9.59 Å². The molecule has 0 heterocycles. The van der Waals surface area contributed by atoms with Crippen molar-refractivity contribution in [1.29, 1.82) is 0 Å². The fourth-order valence-electron chi connectivity index (χ4n) is 3.10. The van der Waals surface area contributed by atoms with Crippen LogP contribution in [0.15, 0.2) is 66.7 Å². The van der Waals surface area contributed by atoms with Crippen molar-refractivity contribution in [3.63, 3.8) is 0 Å². The van der Waals surface area contributed by atoms with E-state index in [9.17, 15) is 27.2 Å². The maximum Gasteiger partial charge on any atom is 0.416 e. The van der Waals surface area contributed by atoms with Crippen molar-refractivity contribution in [3.8, 4) is 16.9 Å². The molecule has 2 N–H and O–H groups in total. The van der Waals surface area contributed by atoms with Crippen LogP contribution in [-0.2, 0) is 6.18 Å². The van der Waals surface area contributed by atoms with Gasteiger partial charge in [0.2, 0.25) is 0 Å². The SMILES string of the molecule is COc1ccc(F)cc1-c1cccc(C(=O)NCCNC(=O)c2ccc(C(F)(F)F)cc2)c1. The lowest BCUT2D eigenvalue weighted by atomic mass is 10.0. The Kier molecular flexibility index (Phi) is 7.32. The molecule has 0 aromatic heterocycles. The van der Waals surface area contributed by atoms with E-state index in [0.29, 0.717) is 22.4 Å². The van der Waals surface area contributed by atoms with Crippen molar-refractivity contribution in [1.82, 2.24) is 10.6 Å². The summed E-state index contributed by atoms with van der Waals surface area (Å²) in [5.41, 5.74) is 0.647. The van der Waals surface area contributed by atoms with Crippen LogP contribution in [0.1, 0.15) is 26.3 Å². The van der Waals surface area contributed by atoms with Gasteiger partial charge in [-0.2, -0.15) is 13.2 Å². The zero-order chi connectivity index (χ0) is 24.0. The standard InChI is InChI=1S/C24H20F4N2O3/c1-33-21-10-9-19(25)14-20(21)16-3-2-4-17(13-16)23(32)30-12-11-29-22(31)15-5-7-18(8-6-15)24(26,27)28/h2-10,13-14H,11-12H2,1H3,(H,29,31)(H,30,32). The highest BCUT2D eigenvalue weighted by Gasteiger charge is 2.30. The zero-order valence-corrected chi connectivity index (χ0v) is 17.5. The molecule has 0 bridgehead atoms. The fourth-order valence-corrected chi connectivity index (χ4v) is 3.10. The molecule has 0 aliphatic rings. The van der Waals surface area contributed by atoms with Crippen LogP contribution in [-0.4, -0.2) is 32.0 Å². The zero-order valence-electron chi connectivity index (χ0n) is 17.5. The molecule has 33 heavy (non-hydrogen) atoms.